The van der Waals surface area contributed by atoms with Gasteiger partial charge in [0.1, 0.15) is 5.75 Å². The van der Waals surface area contributed by atoms with Crippen molar-refractivity contribution >= 4 is 71.9 Å². The lowest BCUT2D eigenvalue weighted by atomic mass is 9.78. The van der Waals surface area contributed by atoms with Crippen molar-refractivity contribution < 1.29 is 17.9 Å². The third-order valence-electron chi connectivity index (χ3n) is 5.80. The Balaban J connectivity index is 1.64. The van der Waals surface area contributed by atoms with Crippen molar-refractivity contribution in [2.24, 2.45) is 0 Å². The Morgan fingerprint density at radius 2 is 1.64 bits per heavy atom. The maximum absolute atomic E-state index is 13.1. The molecular weight excluding hydrogens is 539 g/mol. The summed E-state index contributed by atoms with van der Waals surface area (Å²) >= 11 is 13.8. The van der Waals surface area contributed by atoms with Crippen LogP contribution in [0.4, 0.5) is 11.4 Å². The van der Waals surface area contributed by atoms with Crippen molar-refractivity contribution in [1.29, 1.82) is 0 Å². The molecule has 0 atom stereocenters. The molecule has 0 saturated heterocycles. The minimum atomic E-state index is -3.50. The number of anilines is 2. The van der Waals surface area contributed by atoms with E-state index in [9.17, 15) is 13.2 Å². The van der Waals surface area contributed by atoms with E-state index in [-0.39, 0.29) is 11.3 Å². The first-order valence-corrected chi connectivity index (χ1v) is 14.3. The van der Waals surface area contributed by atoms with Crippen LogP contribution in [0.3, 0.4) is 0 Å². The standard InChI is InChI=1S/C26H24Cl2N2O4S2/c1-26(2,16-5-7-18(27)8-6-16)17-11-19(28)13-20(12-17)29-25(31)24-10-15-9-21(30-36(4,32)33)22(34-3)14-23(15)35-24/h5-14,30H,1-4H3,(H,29,31). The summed E-state index contributed by atoms with van der Waals surface area (Å²) in [5, 5.41) is 4.82. The molecule has 2 N–H and O–H groups in total. The van der Waals surface area contributed by atoms with Crippen molar-refractivity contribution in [2.75, 3.05) is 23.4 Å². The Labute approximate surface area is 224 Å². The number of amides is 1. The lowest BCUT2D eigenvalue weighted by Crippen LogP contribution is -2.19. The molecule has 0 radical (unpaired) electrons. The number of carbonyl (C=O) groups excluding carboxylic acids is 1. The number of thiophene rings is 1. The van der Waals surface area contributed by atoms with Crippen molar-refractivity contribution in [2.45, 2.75) is 19.3 Å². The molecule has 10 heteroatoms. The maximum Gasteiger partial charge on any atom is 0.265 e. The zero-order valence-electron chi connectivity index (χ0n) is 20.0. The van der Waals surface area contributed by atoms with Gasteiger partial charge in [0, 0.05) is 31.9 Å². The molecule has 3 aromatic carbocycles. The lowest BCUT2D eigenvalue weighted by molar-refractivity contribution is 0.103. The number of sulfonamides is 1. The van der Waals surface area contributed by atoms with Gasteiger partial charge in [-0.2, -0.15) is 0 Å². The van der Waals surface area contributed by atoms with Gasteiger partial charge in [0.05, 0.1) is 23.9 Å². The van der Waals surface area contributed by atoms with Gasteiger partial charge >= 0.3 is 0 Å². The highest BCUT2D eigenvalue weighted by Gasteiger charge is 2.24. The van der Waals surface area contributed by atoms with Crippen LogP contribution in [0.15, 0.2) is 60.7 Å². The number of hydrogen-bond donors (Lipinski definition) is 2. The predicted molar refractivity (Wildman–Crippen MR) is 150 cm³/mol. The van der Waals surface area contributed by atoms with Crippen LogP contribution in [0.2, 0.25) is 10.0 Å². The number of benzene rings is 3. The summed E-state index contributed by atoms with van der Waals surface area (Å²) in [7, 11) is -2.04. The van der Waals surface area contributed by atoms with Gasteiger partial charge in [0.2, 0.25) is 10.0 Å². The zero-order valence-corrected chi connectivity index (χ0v) is 23.1. The number of rotatable bonds is 7. The molecular formula is C26H24Cl2N2O4S2. The second-order valence-corrected chi connectivity index (χ2v) is 12.6. The molecule has 0 aliphatic heterocycles. The second-order valence-electron chi connectivity index (χ2n) is 8.89. The molecule has 4 aromatic rings. The van der Waals surface area contributed by atoms with Gasteiger partial charge in [-0.3, -0.25) is 9.52 Å². The minimum Gasteiger partial charge on any atom is -0.495 e. The Kier molecular flexibility index (Phi) is 7.26. The summed E-state index contributed by atoms with van der Waals surface area (Å²) in [4.78, 5) is 13.6. The van der Waals surface area contributed by atoms with Crippen LogP contribution in [-0.2, 0) is 15.4 Å². The van der Waals surface area contributed by atoms with Crippen LogP contribution in [0.25, 0.3) is 10.1 Å². The summed E-state index contributed by atoms with van der Waals surface area (Å²) in [6.07, 6.45) is 1.07. The fourth-order valence-electron chi connectivity index (χ4n) is 3.88. The lowest BCUT2D eigenvalue weighted by Gasteiger charge is -2.27. The van der Waals surface area contributed by atoms with Gasteiger partial charge in [0.15, 0.2) is 0 Å². The van der Waals surface area contributed by atoms with Crippen molar-refractivity contribution in [3.63, 3.8) is 0 Å². The highest BCUT2D eigenvalue weighted by molar-refractivity contribution is 7.92. The summed E-state index contributed by atoms with van der Waals surface area (Å²) in [5.74, 6) is 0.0657. The van der Waals surface area contributed by atoms with E-state index in [0.717, 1.165) is 22.1 Å². The van der Waals surface area contributed by atoms with E-state index in [2.05, 4.69) is 23.9 Å². The van der Waals surface area contributed by atoms with Crippen LogP contribution in [0.1, 0.15) is 34.6 Å². The first-order chi connectivity index (χ1) is 16.9. The van der Waals surface area contributed by atoms with E-state index >= 15 is 0 Å². The molecule has 0 aliphatic rings. The summed E-state index contributed by atoms with van der Waals surface area (Å²) in [6.45, 7) is 4.16. The maximum atomic E-state index is 13.1. The highest BCUT2D eigenvalue weighted by atomic mass is 35.5. The Morgan fingerprint density at radius 3 is 2.28 bits per heavy atom. The van der Waals surface area contributed by atoms with E-state index in [1.54, 1.807) is 24.3 Å². The summed E-state index contributed by atoms with van der Waals surface area (Å²) in [6, 6.07) is 18.2. The van der Waals surface area contributed by atoms with E-state index in [1.165, 1.54) is 18.4 Å². The van der Waals surface area contributed by atoms with Gasteiger partial charge in [-0.05, 0) is 59.0 Å². The first kappa shape index (κ1) is 26.3. The minimum absolute atomic E-state index is 0.301. The average molecular weight is 564 g/mol. The molecule has 36 heavy (non-hydrogen) atoms. The molecule has 6 nitrogen and oxygen atoms in total. The van der Waals surface area contributed by atoms with E-state index in [4.69, 9.17) is 27.9 Å². The number of methoxy groups -OCH3 is 1. The molecule has 188 valence electrons. The van der Waals surface area contributed by atoms with Crippen LogP contribution in [0, 0.1) is 0 Å². The third-order valence-corrected chi connectivity index (χ3v) is 7.96. The number of ether oxygens (including phenoxy) is 1. The topological polar surface area (TPSA) is 84.5 Å². The van der Waals surface area contributed by atoms with Crippen LogP contribution < -0.4 is 14.8 Å². The van der Waals surface area contributed by atoms with Gasteiger partial charge in [-0.1, -0.05) is 49.2 Å². The van der Waals surface area contributed by atoms with E-state index in [0.29, 0.717) is 37.4 Å². The van der Waals surface area contributed by atoms with Crippen molar-refractivity contribution in [3.05, 3.63) is 86.7 Å². The second kappa shape index (κ2) is 9.94. The largest absolute Gasteiger partial charge is 0.495 e. The van der Waals surface area contributed by atoms with Crippen LogP contribution >= 0.6 is 34.5 Å². The average Bonchev–Trinajstić information content (AvgIpc) is 3.20. The van der Waals surface area contributed by atoms with Crippen LogP contribution in [-0.4, -0.2) is 27.7 Å². The molecule has 4 rings (SSSR count). The van der Waals surface area contributed by atoms with Gasteiger partial charge in [0.25, 0.3) is 5.91 Å². The van der Waals surface area contributed by atoms with Crippen molar-refractivity contribution in [3.8, 4) is 5.75 Å². The smallest absolute Gasteiger partial charge is 0.265 e. The van der Waals surface area contributed by atoms with Gasteiger partial charge in [-0.25, -0.2) is 8.42 Å². The summed E-state index contributed by atoms with van der Waals surface area (Å²) < 4.78 is 32.0. The quantitative estimate of drug-likeness (QED) is 0.250. The third kappa shape index (κ3) is 5.78. The molecule has 1 aromatic heterocycles. The monoisotopic (exact) mass is 562 g/mol. The van der Waals surface area contributed by atoms with E-state index in [1.807, 2.05) is 36.4 Å². The first-order valence-electron chi connectivity index (χ1n) is 10.8. The van der Waals surface area contributed by atoms with Crippen molar-refractivity contribution in [1.82, 2.24) is 0 Å². The Bertz CT molecular complexity index is 1560. The molecule has 0 spiro atoms. The molecule has 1 amide bonds. The predicted octanol–water partition coefficient (Wildman–Crippen LogP) is 7.17. The molecule has 0 saturated carbocycles. The molecule has 0 unspecified atom stereocenters. The molecule has 1 heterocycles. The zero-order chi connectivity index (χ0) is 26.3. The molecule has 0 fully saturated rings. The summed E-state index contributed by atoms with van der Waals surface area (Å²) in [5.41, 5.74) is 2.49. The molecule has 0 aliphatic carbocycles. The highest BCUT2D eigenvalue weighted by Crippen LogP contribution is 2.37. The number of carbonyl (C=O) groups is 1. The van der Waals surface area contributed by atoms with Gasteiger partial charge < -0.3 is 10.1 Å². The van der Waals surface area contributed by atoms with Crippen LogP contribution in [0.5, 0.6) is 5.75 Å². The SMILES string of the molecule is COc1cc2sc(C(=O)Nc3cc(Cl)cc(C(C)(C)c4ccc(Cl)cc4)c3)cc2cc1NS(C)(=O)=O. The van der Waals surface area contributed by atoms with E-state index < -0.39 is 10.0 Å². The molecule has 0 bridgehead atoms. The number of halogens is 2. The number of nitrogens with one attached hydrogen (secondary N) is 2. The fourth-order valence-corrected chi connectivity index (χ4v) is 5.77. The van der Waals surface area contributed by atoms with Gasteiger partial charge in [-0.15, -0.1) is 11.3 Å². The normalized spacial score (nSPS) is 11.9. The Morgan fingerprint density at radius 1 is 0.944 bits per heavy atom. The fraction of sp³-hybridized carbons (Fsp3) is 0.192. The Hall–Kier alpha value is -2.78. The number of hydrogen-bond acceptors (Lipinski definition) is 5. The number of fused-ring (bicyclic) bond motifs is 1.